The van der Waals surface area contributed by atoms with Crippen LogP contribution in [-0.2, 0) is 16.6 Å². The van der Waals surface area contributed by atoms with E-state index >= 15 is 0 Å². The van der Waals surface area contributed by atoms with Crippen molar-refractivity contribution in [1.29, 1.82) is 0 Å². The van der Waals surface area contributed by atoms with E-state index in [2.05, 4.69) is 10.3 Å². The Morgan fingerprint density at radius 1 is 1.15 bits per heavy atom. The Labute approximate surface area is 151 Å². The van der Waals surface area contributed by atoms with Crippen LogP contribution < -0.4 is 5.32 Å². The highest BCUT2D eigenvalue weighted by molar-refractivity contribution is 7.89. The van der Waals surface area contributed by atoms with E-state index in [0.29, 0.717) is 17.8 Å². The molecule has 0 atom stereocenters. The summed E-state index contributed by atoms with van der Waals surface area (Å²) in [5.74, 6) is 0. The summed E-state index contributed by atoms with van der Waals surface area (Å²) in [4.78, 5) is 4.10. The molecule has 3 heterocycles. The van der Waals surface area contributed by atoms with Gasteiger partial charge in [0, 0.05) is 42.2 Å². The first-order valence-electron chi connectivity index (χ1n) is 8.10. The van der Waals surface area contributed by atoms with Gasteiger partial charge in [0.05, 0.1) is 5.69 Å². The van der Waals surface area contributed by atoms with Crippen molar-refractivity contribution in [2.45, 2.75) is 11.6 Å². The summed E-state index contributed by atoms with van der Waals surface area (Å²) in [5.41, 5.74) is 2.65. The van der Waals surface area contributed by atoms with Crippen LogP contribution in [-0.4, -0.2) is 24.4 Å². The topological polar surface area (TPSA) is 77.1 Å². The van der Waals surface area contributed by atoms with Crippen LogP contribution in [0.3, 0.4) is 0 Å². The van der Waals surface area contributed by atoms with Gasteiger partial charge in [0.15, 0.2) is 0 Å². The second-order valence-corrected chi connectivity index (χ2v) is 7.66. The lowest BCUT2D eigenvalue weighted by atomic mass is 10.2. The summed E-state index contributed by atoms with van der Waals surface area (Å²) in [6.45, 7) is 0.552. The van der Waals surface area contributed by atoms with Gasteiger partial charge in [-0.15, -0.1) is 0 Å². The first-order valence-corrected chi connectivity index (χ1v) is 9.54. The fourth-order valence-corrected chi connectivity index (χ4v) is 4.26. The number of pyridine rings is 1. The molecule has 0 amide bonds. The zero-order chi connectivity index (χ0) is 18.1. The second kappa shape index (κ2) is 6.44. The molecule has 0 bridgehead atoms. The lowest BCUT2D eigenvalue weighted by molar-refractivity contribution is 0.478. The van der Waals surface area contributed by atoms with Gasteiger partial charge in [-0.25, -0.2) is 3.97 Å². The van der Waals surface area contributed by atoms with E-state index in [0.717, 1.165) is 16.5 Å². The lowest BCUT2D eigenvalue weighted by Crippen LogP contribution is -2.12. The highest BCUT2D eigenvalue weighted by Crippen LogP contribution is 2.29. The predicted octanol–water partition coefficient (Wildman–Crippen LogP) is 3.25. The largest absolute Gasteiger partial charge is 0.443 e. The van der Waals surface area contributed by atoms with Crippen molar-refractivity contribution in [3.8, 4) is 11.3 Å². The predicted molar refractivity (Wildman–Crippen MR) is 99.2 cm³/mol. The zero-order valence-electron chi connectivity index (χ0n) is 14.1. The summed E-state index contributed by atoms with van der Waals surface area (Å²) in [6.07, 6.45) is 4.91. The Hall–Kier alpha value is -2.90. The van der Waals surface area contributed by atoms with Crippen molar-refractivity contribution < 1.29 is 12.8 Å². The van der Waals surface area contributed by atoms with Gasteiger partial charge in [-0.1, -0.05) is 18.2 Å². The molecule has 26 heavy (non-hydrogen) atoms. The molecule has 132 valence electrons. The zero-order valence-corrected chi connectivity index (χ0v) is 14.9. The number of fused-ring (bicyclic) bond motifs is 1. The normalized spacial score (nSPS) is 11.9. The molecule has 0 unspecified atom stereocenters. The summed E-state index contributed by atoms with van der Waals surface area (Å²) in [6, 6.07) is 14.2. The SMILES string of the molecule is CNCc1cc(-c2cccnc2)n(S(=O)(=O)c2cc3ccccc3o2)c1. The first-order chi connectivity index (χ1) is 12.6. The fraction of sp³-hybridized carbons (Fsp3) is 0.105. The highest BCUT2D eigenvalue weighted by Gasteiger charge is 2.25. The molecule has 1 N–H and O–H groups in total. The Morgan fingerprint density at radius 2 is 2.00 bits per heavy atom. The monoisotopic (exact) mass is 367 g/mol. The molecule has 4 rings (SSSR count). The molecule has 1 aromatic carbocycles. The number of benzene rings is 1. The number of furan rings is 1. The number of hydrogen-bond donors (Lipinski definition) is 1. The van der Waals surface area contributed by atoms with Crippen LogP contribution in [0.4, 0.5) is 0 Å². The lowest BCUT2D eigenvalue weighted by Gasteiger charge is -2.08. The third-order valence-electron chi connectivity index (χ3n) is 4.10. The Bertz CT molecular complexity index is 1130. The van der Waals surface area contributed by atoms with Crippen LogP contribution in [0.15, 0.2) is 76.6 Å². The molecule has 0 saturated carbocycles. The smallest absolute Gasteiger partial charge is 0.301 e. The van der Waals surface area contributed by atoms with Crippen LogP contribution in [0.2, 0.25) is 0 Å². The van der Waals surface area contributed by atoms with E-state index in [1.54, 1.807) is 36.8 Å². The number of nitrogens with zero attached hydrogens (tertiary/aromatic N) is 2. The average Bonchev–Trinajstić information content (AvgIpc) is 3.28. The molecule has 6 nitrogen and oxygen atoms in total. The van der Waals surface area contributed by atoms with Gasteiger partial charge in [-0.3, -0.25) is 4.98 Å². The molecule has 0 aliphatic rings. The first kappa shape index (κ1) is 16.6. The quantitative estimate of drug-likeness (QED) is 0.586. The maximum Gasteiger partial charge on any atom is 0.301 e. The summed E-state index contributed by atoms with van der Waals surface area (Å²) in [5, 5.41) is 3.70. The van der Waals surface area contributed by atoms with Crippen molar-refractivity contribution in [3.63, 3.8) is 0 Å². The van der Waals surface area contributed by atoms with Crippen LogP contribution in [0.25, 0.3) is 22.2 Å². The summed E-state index contributed by atoms with van der Waals surface area (Å²) < 4.78 is 33.4. The summed E-state index contributed by atoms with van der Waals surface area (Å²) >= 11 is 0. The van der Waals surface area contributed by atoms with Crippen molar-refractivity contribution >= 4 is 21.0 Å². The molecule has 0 aliphatic carbocycles. The molecule has 0 aliphatic heterocycles. The molecule has 0 saturated heterocycles. The maximum absolute atomic E-state index is 13.2. The Balaban J connectivity index is 1.90. The maximum atomic E-state index is 13.2. The standard InChI is InChI=1S/C19H17N3O3S/c1-20-11-14-9-17(16-6-4-8-21-12-16)22(13-14)26(23,24)19-10-15-5-2-3-7-18(15)25-19/h2-10,12-13,20H,11H2,1H3. The molecule has 4 aromatic rings. The second-order valence-electron chi connectivity index (χ2n) is 5.91. The minimum Gasteiger partial charge on any atom is -0.443 e. The Morgan fingerprint density at radius 3 is 2.73 bits per heavy atom. The van der Waals surface area contributed by atoms with Crippen molar-refractivity contribution in [1.82, 2.24) is 14.3 Å². The summed E-state index contributed by atoms with van der Waals surface area (Å²) in [7, 11) is -2.07. The minimum absolute atomic E-state index is 0.0875. The van der Waals surface area contributed by atoms with Crippen molar-refractivity contribution in [3.05, 3.63) is 72.7 Å². The van der Waals surface area contributed by atoms with Crippen molar-refractivity contribution in [2.75, 3.05) is 7.05 Å². The fourth-order valence-electron chi connectivity index (χ4n) is 2.90. The highest BCUT2D eigenvalue weighted by atomic mass is 32.2. The van der Waals surface area contributed by atoms with Crippen LogP contribution in [0, 0.1) is 0 Å². The minimum atomic E-state index is -3.88. The van der Waals surface area contributed by atoms with Gasteiger partial charge in [-0.2, -0.15) is 8.42 Å². The van der Waals surface area contributed by atoms with Crippen LogP contribution in [0.1, 0.15) is 5.56 Å². The third kappa shape index (κ3) is 2.81. The van der Waals surface area contributed by atoms with Crippen LogP contribution in [0.5, 0.6) is 0 Å². The molecular formula is C19H17N3O3S. The van der Waals surface area contributed by atoms with Gasteiger partial charge in [-0.05, 0) is 36.9 Å². The molecule has 0 fully saturated rings. The van der Waals surface area contributed by atoms with Gasteiger partial charge >= 0.3 is 10.0 Å². The van der Waals surface area contributed by atoms with Crippen molar-refractivity contribution in [2.24, 2.45) is 0 Å². The number of aromatic nitrogens is 2. The van der Waals surface area contributed by atoms with E-state index < -0.39 is 10.0 Å². The average molecular weight is 367 g/mol. The van der Waals surface area contributed by atoms with Gasteiger partial charge < -0.3 is 9.73 Å². The third-order valence-corrected chi connectivity index (χ3v) is 5.63. The number of nitrogens with one attached hydrogen (secondary N) is 1. The van der Waals surface area contributed by atoms with E-state index in [1.807, 2.05) is 37.4 Å². The number of hydrogen-bond acceptors (Lipinski definition) is 5. The molecule has 0 radical (unpaired) electrons. The molecule has 7 heteroatoms. The number of rotatable bonds is 5. The van der Waals surface area contributed by atoms with Gasteiger partial charge in [0.1, 0.15) is 5.58 Å². The van der Waals surface area contributed by atoms with E-state index in [9.17, 15) is 8.42 Å². The van der Waals surface area contributed by atoms with E-state index in [4.69, 9.17) is 4.42 Å². The number of para-hydroxylation sites is 1. The van der Waals surface area contributed by atoms with Gasteiger partial charge in [0.25, 0.3) is 0 Å². The molecular weight excluding hydrogens is 350 g/mol. The van der Waals surface area contributed by atoms with E-state index in [1.165, 1.54) is 3.97 Å². The molecule has 3 aromatic heterocycles. The van der Waals surface area contributed by atoms with Crippen LogP contribution >= 0.6 is 0 Å². The molecule has 0 spiro atoms. The Kier molecular flexibility index (Phi) is 4.10. The van der Waals surface area contributed by atoms with E-state index in [-0.39, 0.29) is 5.09 Å². The van der Waals surface area contributed by atoms with Gasteiger partial charge in [0.2, 0.25) is 5.09 Å².